The number of anilines is 1. The third-order valence-corrected chi connectivity index (χ3v) is 6.14. The molecule has 0 fully saturated rings. The average molecular weight is 431 g/mol. The molecular formula is C24H18FN3O2S. The Morgan fingerprint density at radius 3 is 2.77 bits per heavy atom. The van der Waals surface area contributed by atoms with Crippen LogP contribution in [0.2, 0.25) is 0 Å². The number of carbonyl (C=O) groups is 1. The van der Waals surface area contributed by atoms with Crippen molar-refractivity contribution in [1.29, 1.82) is 0 Å². The van der Waals surface area contributed by atoms with Crippen LogP contribution in [0.25, 0.3) is 22.0 Å². The first-order valence-corrected chi connectivity index (χ1v) is 10.6. The van der Waals surface area contributed by atoms with Crippen molar-refractivity contribution in [3.8, 4) is 27.7 Å². The molecule has 1 amide bonds. The second-order valence-corrected chi connectivity index (χ2v) is 8.38. The van der Waals surface area contributed by atoms with Gasteiger partial charge in [0.05, 0.1) is 23.6 Å². The summed E-state index contributed by atoms with van der Waals surface area (Å²) in [6.45, 7) is 2.08. The van der Waals surface area contributed by atoms with E-state index in [1.807, 2.05) is 43.3 Å². The highest BCUT2D eigenvalue weighted by Gasteiger charge is 2.27. The molecule has 4 aromatic rings. The van der Waals surface area contributed by atoms with Crippen molar-refractivity contribution < 1.29 is 13.9 Å². The summed E-state index contributed by atoms with van der Waals surface area (Å²) >= 11 is 1.57. The van der Waals surface area contributed by atoms with Gasteiger partial charge < -0.3 is 9.64 Å². The summed E-state index contributed by atoms with van der Waals surface area (Å²) < 4.78 is 19.8. The summed E-state index contributed by atoms with van der Waals surface area (Å²) in [6, 6.07) is 17.9. The standard InChI is InChI=1S/C24H18FN3O2S/c1-15-23(27-24(31-15)19-8-4-5-11-26-19)16-9-10-21-20(12-16)28(22(29)14-30-21)13-17-6-2-3-7-18(17)25/h2-12H,13-14H2,1H3. The van der Waals surface area contributed by atoms with E-state index in [0.29, 0.717) is 17.0 Å². The fraction of sp³-hybridized carbons (Fsp3) is 0.125. The molecule has 0 radical (unpaired) electrons. The zero-order valence-electron chi connectivity index (χ0n) is 16.7. The molecule has 0 saturated heterocycles. The molecule has 3 heterocycles. The average Bonchev–Trinajstić information content (AvgIpc) is 3.19. The first-order valence-electron chi connectivity index (χ1n) is 9.80. The zero-order chi connectivity index (χ0) is 21.4. The molecule has 0 N–H and O–H groups in total. The van der Waals surface area contributed by atoms with Crippen LogP contribution in [0.4, 0.5) is 10.1 Å². The summed E-state index contributed by atoms with van der Waals surface area (Å²) in [6.07, 6.45) is 1.74. The molecule has 2 aromatic carbocycles. The lowest BCUT2D eigenvalue weighted by molar-refractivity contribution is -0.121. The number of aryl methyl sites for hydroxylation is 1. The van der Waals surface area contributed by atoms with Crippen LogP contribution < -0.4 is 9.64 Å². The minimum absolute atomic E-state index is 0.0691. The number of thiazole rings is 1. The third kappa shape index (κ3) is 3.68. The molecule has 7 heteroatoms. The van der Waals surface area contributed by atoms with E-state index in [9.17, 15) is 9.18 Å². The summed E-state index contributed by atoms with van der Waals surface area (Å²) in [5, 5.41) is 0.835. The molecule has 1 aliphatic heterocycles. The van der Waals surface area contributed by atoms with Gasteiger partial charge in [0.15, 0.2) is 6.61 Å². The van der Waals surface area contributed by atoms with Gasteiger partial charge >= 0.3 is 0 Å². The maximum absolute atomic E-state index is 14.2. The number of rotatable bonds is 4. The van der Waals surface area contributed by atoms with Gasteiger partial charge in [-0.05, 0) is 43.3 Å². The first kappa shape index (κ1) is 19.4. The van der Waals surface area contributed by atoms with Crippen molar-refractivity contribution >= 4 is 22.9 Å². The predicted molar refractivity (Wildman–Crippen MR) is 119 cm³/mol. The van der Waals surface area contributed by atoms with Crippen LogP contribution in [-0.2, 0) is 11.3 Å². The molecule has 1 aliphatic rings. The van der Waals surface area contributed by atoms with E-state index in [-0.39, 0.29) is 24.9 Å². The summed E-state index contributed by atoms with van der Waals surface area (Å²) in [4.78, 5) is 24.4. The van der Waals surface area contributed by atoms with E-state index < -0.39 is 0 Å². The van der Waals surface area contributed by atoms with E-state index >= 15 is 0 Å². The lowest BCUT2D eigenvalue weighted by Crippen LogP contribution is -2.38. The Bertz CT molecular complexity index is 1270. The number of nitrogens with zero attached hydrogens (tertiary/aromatic N) is 3. The van der Waals surface area contributed by atoms with Gasteiger partial charge in [-0.2, -0.15) is 0 Å². The maximum atomic E-state index is 14.2. The molecule has 2 aromatic heterocycles. The van der Waals surface area contributed by atoms with E-state index in [4.69, 9.17) is 9.72 Å². The van der Waals surface area contributed by atoms with Gasteiger partial charge in [0.2, 0.25) is 0 Å². The number of halogens is 1. The molecule has 5 rings (SSSR count). The highest BCUT2D eigenvalue weighted by molar-refractivity contribution is 7.15. The van der Waals surface area contributed by atoms with Crippen LogP contribution >= 0.6 is 11.3 Å². The second kappa shape index (κ2) is 7.92. The van der Waals surface area contributed by atoms with Crippen LogP contribution in [0.1, 0.15) is 10.4 Å². The zero-order valence-corrected chi connectivity index (χ0v) is 17.5. The molecule has 0 unspecified atom stereocenters. The Morgan fingerprint density at radius 1 is 1.13 bits per heavy atom. The number of ether oxygens (including phenoxy) is 1. The largest absolute Gasteiger partial charge is 0.482 e. The molecule has 0 saturated carbocycles. The summed E-state index contributed by atoms with van der Waals surface area (Å²) in [5.74, 6) is 0.0458. The van der Waals surface area contributed by atoms with Crippen molar-refractivity contribution in [2.45, 2.75) is 13.5 Å². The summed E-state index contributed by atoms with van der Waals surface area (Å²) in [5.41, 5.74) is 3.59. The lowest BCUT2D eigenvalue weighted by Gasteiger charge is -2.30. The topological polar surface area (TPSA) is 55.3 Å². The van der Waals surface area contributed by atoms with E-state index in [1.165, 1.54) is 6.07 Å². The molecule has 0 atom stereocenters. The monoisotopic (exact) mass is 431 g/mol. The normalized spacial score (nSPS) is 13.1. The molecule has 0 bridgehead atoms. The first-order chi connectivity index (χ1) is 15.1. The van der Waals surface area contributed by atoms with Gasteiger partial charge in [0, 0.05) is 22.2 Å². The maximum Gasteiger partial charge on any atom is 0.265 e. The van der Waals surface area contributed by atoms with Crippen LogP contribution in [-0.4, -0.2) is 22.5 Å². The molecule has 5 nitrogen and oxygen atoms in total. The molecule has 0 aliphatic carbocycles. The molecule has 31 heavy (non-hydrogen) atoms. The van der Waals surface area contributed by atoms with Crippen LogP contribution in [0.15, 0.2) is 66.9 Å². The van der Waals surface area contributed by atoms with Gasteiger partial charge in [-0.1, -0.05) is 24.3 Å². The number of aromatic nitrogens is 2. The number of hydrogen-bond donors (Lipinski definition) is 0. The van der Waals surface area contributed by atoms with Crippen molar-refractivity contribution in [2.24, 2.45) is 0 Å². The van der Waals surface area contributed by atoms with E-state index in [0.717, 1.165) is 26.8 Å². The Kier molecular flexibility index (Phi) is 4.95. The highest BCUT2D eigenvalue weighted by Crippen LogP contribution is 2.39. The number of hydrogen-bond acceptors (Lipinski definition) is 5. The van der Waals surface area contributed by atoms with Crippen LogP contribution in [0, 0.1) is 12.7 Å². The van der Waals surface area contributed by atoms with Crippen molar-refractivity contribution in [3.63, 3.8) is 0 Å². The van der Waals surface area contributed by atoms with Crippen LogP contribution in [0.3, 0.4) is 0 Å². The lowest BCUT2D eigenvalue weighted by atomic mass is 10.1. The van der Waals surface area contributed by atoms with Gasteiger partial charge in [-0.15, -0.1) is 11.3 Å². The molecular weight excluding hydrogens is 413 g/mol. The van der Waals surface area contributed by atoms with Gasteiger partial charge in [-0.3, -0.25) is 9.78 Å². The fourth-order valence-corrected chi connectivity index (χ4v) is 4.50. The third-order valence-electron chi connectivity index (χ3n) is 5.14. The molecule has 154 valence electrons. The second-order valence-electron chi connectivity index (χ2n) is 7.18. The Balaban J connectivity index is 1.54. The van der Waals surface area contributed by atoms with Crippen LogP contribution in [0.5, 0.6) is 5.75 Å². The Labute approximate surface area is 182 Å². The van der Waals surface area contributed by atoms with Gasteiger partial charge in [0.25, 0.3) is 5.91 Å². The Hall–Kier alpha value is -3.58. The van der Waals surface area contributed by atoms with Gasteiger partial charge in [0.1, 0.15) is 16.6 Å². The van der Waals surface area contributed by atoms with Crippen molar-refractivity contribution in [3.05, 3.63) is 83.1 Å². The predicted octanol–water partition coefficient (Wildman–Crippen LogP) is 5.25. The highest BCUT2D eigenvalue weighted by atomic mass is 32.1. The number of pyridine rings is 1. The van der Waals surface area contributed by atoms with Crippen molar-refractivity contribution in [2.75, 3.05) is 11.5 Å². The number of benzene rings is 2. The smallest absolute Gasteiger partial charge is 0.265 e. The molecule has 0 spiro atoms. The van der Waals surface area contributed by atoms with E-state index in [2.05, 4.69) is 4.98 Å². The number of fused-ring (bicyclic) bond motifs is 1. The van der Waals surface area contributed by atoms with E-state index in [1.54, 1.807) is 40.6 Å². The number of carbonyl (C=O) groups excluding carboxylic acids is 1. The minimum atomic E-state index is -0.338. The number of amides is 1. The fourth-order valence-electron chi connectivity index (χ4n) is 3.58. The SMILES string of the molecule is Cc1sc(-c2ccccn2)nc1-c1ccc2c(c1)N(Cc1ccccc1F)C(=O)CO2. The Morgan fingerprint density at radius 2 is 1.97 bits per heavy atom. The quantitative estimate of drug-likeness (QED) is 0.443. The minimum Gasteiger partial charge on any atom is -0.482 e. The van der Waals surface area contributed by atoms with Gasteiger partial charge in [-0.25, -0.2) is 9.37 Å². The summed E-state index contributed by atoms with van der Waals surface area (Å²) in [7, 11) is 0. The van der Waals surface area contributed by atoms with Crippen molar-refractivity contribution in [1.82, 2.24) is 9.97 Å².